The van der Waals surface area contributed by atoms with Crippen LogP contribution in [0, 0.1) is 6.92 Å². The lowest BCUT2D eigenvalue weighted by Crippen LogP contribution is -2.57. The predicted octanol–water partition coefficient (Wildman–Crippen LogP) is 1.29. The number of piperazine rings is 1. The number of likely N-dealkylation sites (N-methyl/N-ethyl adjacent to an activating group) is 1. The van der Waals surface area contributed by atoms with Gasteiger partial charge in [0.2, 0.25) is 5.91 Å². The van der Waals surface area contributed by atoms with Crippen molar-refractivity contribution in [3.63, 3.8) is 0 Å². The molecule has 1 aromatic carbocycles. The molecule has 1 aliphatic rings. The Bertz CT molecular complexity index is 1280. The number of carbonyl (C=O) groups excluding carboxylic acids is 1. The third-order valence-electron chi connectivity index (χ3n) is 6.06. The average Bonchev–Trinajstić information content (AvgIpc) is 3.44. The summed E-state index contributed by atoms with van der Waals surface area (Å²) in [6.45, 7) is 4.52. The van der Waals surface area contributed by atoms with Gasteiger partial charge in [-0.25, -0.2) is 14.6 Å². The maximum absolute atomic E-state index is 13.0. The van der Waals surface area contributed by atoms with Gasteiger partial charge >= 0.3 is 0 Å². The number of hydrogen-bond acceptors (Lipinski definition) is 7. The van der Waals surface area contributed by atoms with E-state index in [-0.39, 0.29) is 11.9 Å². The average molecular weight is 446 g/mol. The Hall–Kier alpha value is -3.79. The van der Waals surface area contributed by atoms with Crippen molar-refractivity contribution < 1.29 is 4.79 Å². The number of amides is 1. The molecule has 1 amide bonds. The Morgan fingerprint density at radius 1 is 1.09 bits per heavy atom. The zero-order valence-electron chi connectivity index (χ0n) is 19.0. The molecule has 33 heavy (non-hydrogen) atoms. The first-order valence-corrected chi connectivity index (χ1v) is 11.0. The van der Waals surface area contributed by atoms with E-state index in [1.807, 2.05) is 49.4 Å². The highest BCUT2D eigenvalue weighted by Crippen LogP contribution is 2.25. The highest BCUT2D eigenvalue weighted by molar-refractivity contribution is 5.88. The van der Waals surface area contributed by atoms with Crippen LogP contribution < -0.4 is 10.2 Å². The molecule has 1 aliphatic heterocycles. The van der Waals surface area contributed by atoms with Crippen LogP contribution in [0.25, 0.3) is 16.7 Å². The Balaban J connectivity index is 1.36. The second-order valence-corrected chi connectivity index (χ2v) is 8.48. The van der Waals surface area contributed by atoms with Crippen LogP contribution in [0.2, 0.25) is 0 Å². The lowest BCUT2D eigenvalue weighted by atomic mass is 10.1. The van der Waals surface area contributed by atoms with Crippen molar-refractivity contribution in [3.8, 4) is 5.69 Å². The van der Waals surface area contributed by atoms with Crippen molar-refractivity contribution in [1.29, 1.82) is 0 Å². The van der Waals surface area contributed by atoms with Gasteiger partial charge in [0.1, 0.15) is 18.2 Å². The number of nitrogens with one attached hydrogen (secondary N) is 1. The van der Waals surface area contributed by atoms with Crippen molar-refractivity contribution in [3.05, 3.63) is 60.3 Å². The zero-order chi connectivity index (χ0) is 22.9. The van der Waals surface area contributed by atoms with Crippen LogP contribution in [0.1, 0.15) is 11.3 Å². The molecule has 4 aromatic rings. The topological polar surface area (TPSA) is 97.0 Å². The number of nitrogens with zero attached hydrogens (tertiary/aromatic N) is 8. The first-order chi connectivity index (χ1) is 16.0. The van der Waals surface area contributed by atoms with E-state index in [0.29, 0.717) is 18.7 Å². The molecule has 1 N–H and O–H groups in total. The number of hydrogen-bond donors (Lipinski definition) is 1. The fraction of sp³-hybridized carbons (Fsp3) is 0.348. The quantitative estimate of drug-likeness (QED) is 0.494. The van der Waals surface area contributed by atoms with Gasteiger partial charge in [0, 0.05) is 39.1 Å². The summed E-state index contributed by atoms with van der Waals surface area (Å²) in [5.74, 6) is 0.780. The van der Waals surface area contributed by atoms with Crippen LogP contribution in [0.3, 0.4) is 0 Å². The summed E-state index contributed by atoms with van der Waals surface area (Å²) in [6.07, 6.45) is 5.37. The Kier molecular flexibility index (Phi) is 5.51. The van der Waals surface area contributed by atoms with E-state index >= 15 is 0 Å². The van der Waals surface area contributed by atoms with Crippen molar-refractivity contribution in [2.45, 2.75) is 19.5 Å². The molecule has 0 spiro atoms. The molecule has 1 fully saturated rings. The van der Waals surface area contributed by atoms with E-state index in [0.717, 1.165) is 35.7 Å². The van der Waals surface area contributed by atoms with Crippen LogP contribution in [0.15, 0.2) is 49.1 Å². The molecule has 170 valence electrons. The van der Waals surface area contributed by atoms with Crippen LogP contribution in [0.5, 0.6) is 0 Å². The second-order valence-electron chi connectivity index (χ2n) is 8.48. The fourth-order valence-corrected chi connectivity index (χ4v) is 4.11. The Morgan fingerprint density at radius 2 is 1.91 bits per heavy atom. The summed E-state index contributed by atoms with van der Waals surface area (Å²) in [5.41, 5.74) is 3.63. The SMILES string of the molecule is Cc1ccc(-n2cc3c(N4CCN(C)C(C(=O)NCc5ccn(C)n5)C4)ncnc3n2)cc1. The molecule has 1 saturated heterocycles. The highest BCUT2D eigenvalue weighted by Gasteiger charge is 2.31. The molecule has 0 radical (unpaired) electrons. The summed E-state index contributed by atoms with van der Waals surface area (Å²) in [4.78, 5) is 26.1. The van der Waals surface area contributed by atoms with Gasteiger partial charge in [-0.3, -0.25) is 14.4 Å². The van der Waals surface area contributed by atoms with Crippen LogP contribution in [-0.2, 0) is 18.4 Å². The van der Waals surface area contributed by atoms with Crippen molar-refractivity contribution in [2.24, 2.45) is 7.05 Å². The number of rotatable bonds is 5. The maximum Gasteiger partial charge on any atom is 0.239 e. The minimum Gasteiger partial charge on any atom is -0.353 e. The first-order valence-electron chi connectivity index (χ1n) is 11.0. The third kappa shape index (κ3) is 4.29. The van der Waals surface area contributed by atoms with E-state index in [1.165, 1.54) is 5.56 Å². The summed E-state index contributed by atoms with van der Waals surface area (Å²) >= 11 is 0. The number of carbonyl (C=O) groups is 1. The Morgan fingerprint density at radius 3 is 2.67 bits per heavy atom. The minimum atomic E-state index is -0.292. The van der Waals surface area contributed by atoms with E-state index in [1.54, 1.807) is 11.0 Å². The van der Waals surface area contributed by atoms with E-state index < -0.39 is 0 Å². The highest BCUT2D eigenvalue weighted by atomic mass is 16.2. The molecule has 10 nitrogen and oxygen atoms in total. The molecule has 1 unspecified atom stereocenters. The van der Waals surface area contributed by atoms with Crippen LogP contribution in [0.4, 0.5) is 5.82 Å². The Labute approximate surface area is 191 Å². The lowest BCUT2D eigenvalue weighted by Gasteiger charge is -2.39. The molecular formula is C23H27N9O. The molecule has 5 rings (SSSR count). The number of aromatic nitrogens is 6. The van der Waals surface area contributed by atoms with Crippen molar-refractivity contribution in [1.82, 2.24) is 39.7 Å². The largest absolute Gasteiger partial charge is 0.353 e. The summed E-state index contributed by atoms with van der Waals surface area (Å²) in [7, 11) is 3.84. The smallest absolute Gasteiger partial charge is 0.239 e. The minimum absolute atomic E-state index is 0.0199. The van der Waals surface area contributed by atoms with Crippen LogP contribution in [-0.4, -0.2) is 73.1 Å². The fourth-order valence-electron chi connectivity index (χ4n) is 4.11. The predicted molar refractivity (Wildman–Crippen MR) is 125 cm³/mol. The second kappa shape index (κ2) is 8.62. The summed E-state index contributed by atoms with van der Waals surface area (Å²) in [5, 5.41) is 12.9. The van der Waals surface area contributed by atoms with Gasteiger partial charge in [-0.2, -0.15) is 5.10 Å². The summed E-state index contributed by atoms with van der Waals surface area (Å²) < 4.78 is 3.56. The molecule has 0 aliphatic carbocycles. The lowest BCUT2D eigenvalue weighted by molar-refractivity contribution is -0.126. The van der Waals surface area contributed by atoms with Gasteiger partial charge in [0.25, 0.3) is 0 Å². The number of aryl methyl sites for hydroxylation is 2. The first kappa shape index (κ1) is 21.1. The van der Waals surface area contributed by atoms with Gasteiger partial charge in [-0.05, 0) is 32.2 Å². The van der Waals surface area contributed by atoms with Crippen molar-refractivity contribution >= 4 is 22.8 Å². The molecule has 0 bridgehead atoms. The standard InChI is InChI=1S/C23H27N9O/c1-16-4-6-18(7-5-16)32-13-19-21(28-32)25-15-26-22(19)31-11-10-29(2)20(14-31)23(33)24-12-17-8-9-30(3)27-17/h4-9,13,15,20H,10-12,14H2,1-3H3,(H,24,33). The van der Waals surface area contributed by atoms with E-state index in [2.05, 4.69) is 54.3 Å². The molecule has 3 aromatic heterocycles. The van der Waals surface area contributed by atoms with Crippen LogP contribution >= 0.6 is 0 Å². The van der Waals surface area contributed by atoms with Gasteiger partial charge in [0.05, 0.1) is 23.3 Å². The molecule has 0 saturated carbocycles. The van der Waals surface area contributed by atoms with Gasteiger partial charge < -0.3 is 10.2 Å². The number of anilines is 1. The molecule has 4 heterocycles. The number of fused-ring (bicyclic) bond motifs is 1. The monoisotopic (exact) mass is 445 g/mol. The molecule has 10 heteroatoms. The van der Waals surface area contributed by atoms with E-state index in [4.69, 9.17) is 0 Å². The maximum atomic E-state index is 13.0. The van der Waals surface area contributed by atoms with E-state index in [9.17, 15) is 4.79 Å². The zero-order valence-corrected chi connectivity index (χ0v) is 19.0. The molecule has 1 atom stereocenters. The normalized spacial score (nSPS) is 16.9. The molecular weight excluding hydrogens is 418 g/mol. The van der Waals surface area contributed by atoms with Gasteiger partial charge in [-0.15, -0.1) is 5.10 Å². The van der Waals surface area contributed by atoms with Gasteiger partial charge in [-0.1, -0.05) is 17.7 Å². The number of benzene rings is 1. The van der Waals surface area contributed by atoms with Crippen molar-refractivity contribution in [2.75, 3.05) is 31.6 Å². The summed E-state index contributed by atoms with van der Waals surface area (Å²) in [6, 6.07) is 9.80. The van der Waals surface area contributed by atoms with Gasteiger partial charge in [0.15, 0.2) is 5.65 Å². The third-order valence-corrected chi connectivity index (χ3v) is 6.06.